The van der Waals surface area contributed by atoms with Crippen LogP contribution >= 0.6 is 11.3 Å². The van der Waals surface area contributed by atoms with Crippen LogP contribution in [0.2, 0.25) is 0 Å². The molecule has 3 amide bonds. The van der Waals surface area contributed by atoms with Gasteiger partial charge in [-0.1, -0.05) is 25.1 Å². The van der Waals surface area contributed by atoms with Crippen molar-refractivity contribution in [2.24, 2.45) is 0 Å². The molecule has 0 unspecified atom stereocenters. The van der Waals surface area contributed by atoms with Gasteiger partial charge in [0.1, 0.15) is 6.54 Å². The second kappa shape index (κ2) is 11.3. The van der Waals surface area contributed by atoms with Crippen LogP contribution < -0.4 is 5.32 Å². The van der Waals surface area contributed by atoms with Crippen molar-refractivity contribution in [2.75, 3.05) is 31.5 Å². The summed E-state index contributed by atoms with van der Waals surface area (Å²) in [7, 11) is 0. The quantitative estimate of drug-likeness (QED) is 0.645. The molecular weight excluding hydrogens is 388 g/mol. The van der Waals surface area contributed by atoms with Crippen LogP contribution in [-0.2, 0) is 16.0 Å². The fourth-order valence-electron chi connectivity index (χ4n) is 2.91. The van der Waals surface area contributed by atoms with Gasteiger partial charge in [0.05, 0.1) is 12.1 Å². The SMILES string of the molecule is CCCN(CC(=O)Nc1nc(CC(=O)N(CC)CC)cs1)C(=O)c1ccccc1. The largest absolute Gasteiger partial charge is 0.343 e. The maximum atomic E-state index is 12.7. The highest BCUT2D eigenvalue weighted by atomic mass is 32.1. The Morgan fingerprint density at radius 2 is 1.72 bits per heavy atom. The van der Waals surface area contributed by atoms with Crippen LogP contribution in [0.5, 0.6) is 0 Å². The number of carbonyl (C=O) groups excluding carboxylic acids is 3. The summed E-state index contributed by atoms with van der Waals surface area (Å²) in [5.74, 6) is -0.466. The number of hydrogen-bond donors (Lipinski definition) is 1. The third kappa shape index (κ3) is 6.67. The number of likely N-dealkylation sites (N-methyl/N-ethyl adjacent to an activating group) is 1. The molecule has 156 valence electrons. The fourth-order valence-corrected chi connectivity index (χ4v) is 3.63. The highest BCUT2D eigenvalue weighted by Gasteiger charge is 2.19. The first-order valence-corrected chi connectivity index (χ1v) is 10.7. The number of aromatic nitrogens is 1. The maximum Gasteiger partial charge on any atom is 0.254 e. The zero-order valence-corrected chi connectivity index (χ0v) is 18.0. The number of nitrogens with zero attached hydrogens (tertiary/aromatic N) is 3. The summed E-state index contributed by atoms with van der Waals surface area (Å²) in [6.07, 6.45) is 0.962. The predicted octanol–water partition coefficient (Wildman–Crippen LogP) is 3.04. The van der Waals surface area contributed by atoms with E-state index in [9.17, 15) is 14.4 Å². The molecule has 1 aromatic heterocycles. The lowest BCUT2D eigenvalue weighted by Crippen LogP contribution is -2.38. The second-order valence-corrected chi connectivity index (χ2v) is 7.39. The van der Waals surface area contributed by atoms with Gasteiger partial charge in [-0.2, -0.15) is 0 Å². The first kappa shape index (κ1) is 22.5. The summed E-state index contributed by atoms with van der Waals surface area (Å²) in [6, 6.07) is 8.92. The Morgan fingerprint density at radius 1 is 1.03 bits per heavy atom. The molecule has 0 aliphatic carbocycles. The van der Waals surface area contributed by atoms with Crippen LogP contribution in [0.4, 0.5) is 5.13 Å². The monoisotopic (exact) mass is 416 g/mol. The van der Waals surface area contributed by atoms with E-state index in [-0.39, 0.29) is 30.7 Å². The molecule has 2 aromatic rings. The van der Waals surface area contributed by atoms with Crippen molar-refractivity contribution < 1.29 is 14.4 Å². The third-order valence-electron chi connectivity index (χ3n) is 4.38. The number of nitrogens with one attached hydrogen (secondary N) is 1. The van der Waals surface area contributed by atoms with Gasteiger partial charge in [-0.3, -0.25) is 14.4 Å². The second-order valence-electron chi connectivity index (χ2n) is 6.53. The van der Waals surface area contributed by atoms with Gasteiger partial charge in [-0.15, -0.1) is 11.3 Å². The van der Waals surface area contributed by atoms with Gasteiger partial charge >= 0.3 is 0 Å². The van der Waals surface area contributed by atoms with E-state index in [1.165, 1.54) is 16.2 Å². The predicted molar refractivity (Wildman–Crippen MR) is 115 cm³/mol. The lowest BCUT2D eigenvalue weighted by Gasteiger charge is -2.21. The first-order valence-electron chi connectivity index (χ1n) is 9.84. The minimum Gasteiger partial charge on any atom is -0.343 e. The number of rotatable bonds is 10. The van der Waals surface area contributed by atoms with Gasteiger partial charge in [-0.25, -0.2) is 4.98 Å². The molecule has 0 saturated carbocycles. The molecule has 0 bridgehead atoms. The molecule has 8 heteroatoms. The summed E-state index contributed by atoms with van der Waals surface area (Å²) >= 11 is 1.27. The van der Waals surface area contributed by atoms with Crippen LogP contribution in [0, 0.1) is 0 Å². The molecule has 0 spiro atoms. The highest BCUT2D eigenvalue weighted by molar-refractivity contribution is 7.13. The van der Waals surface area contributed by atoms with Gasteiger partial charge < -0.3 is 15.1 Å². The van der Waals surface area contributed by atoms with Crippen molar-refractivity contribution in [3.63, 3.8) is 0 Å². The standard InChI is InChI=1S/C21H28N4O3S/c1-4-12-25(20(28)16-10-8-7-9-11-16)14-18(26)23-21-22-17(15-29-21)13-19(27)24(5-2)6-3/h7-11,15H,4-6,12-14H2,1-3H3,(H,22,23,26). The Balaban J connectivity index is 1.96. The van der Waals surface area contributed by atoms with Crippen molar-refractivity contribution >= 4 is 34.2 Å². The number of anilines is 1. The number of carbonyl (C=O) groups is 3. The molecular formula is C21H28N4O3S. The average molecular weight is 417 g/mol. The average Bonchev–Trinajstić information content (AvgIpc) is 3.15. The molecule has 29 heavy (non-hydrogen) atoms. The zero-order chi connectivity index (χ0) is 21.2. The molecule has 1 aromatic carbocycles. The van der Waals surface area contributed by atoms with E-state index in [0.717, 1.165) is 6.42 Å². The van der Waals surface area contributed by atoms with E-state index in [1.807, 2.05) is 26.8 Å². The Kier molecular flexibility index (Phi) is 8.79. The summed E-state index contributed by atoms with van der Waals surface area (Å²) in [6.45, 7) is 7.60. The molecule has 2 rings (SSSR count). The van der Waals surface area contributed by atoms with Crippen LogP contribution in [-0.4, -0.2) is 58.7 Å². The molecule has 0 aliphatic rings. The summed E-state index contributed by atoms with van der Waals surface area (Å²) < 4.78 is 0. The van der Waals surface area contributed by atoms with E-state index >= 15 is 0 Å². The van der Waals surface area contributed by atoms with Gasteiger partial charge in [0.25, 0.3) is 5.91 Å². The van der Waals surface area contributed by atoms with Gasteiger partial charge in [0.2, 0.25) is 11.8 Å². The van der Waals surface area contributed by atoms with Crippen LogP contribution in [0.25, 0.3) is 0 Å². The van der Waals surface area contributed by atoms with Gasteiger partial charge in [0.15, 0.2) is 5.13 Å². The molecule has 0 fully saturated rings. The van der Waals surface area contributed by atoms with E-state index in [1.54, 1.807) is 34.5 Å². The highest BCUT2D eigenvalue weighted by Crippen LogP contribution is 2.17. The van der Waals surface area contributed by atoms with E-state index in [4.69, 9.17) is 0 Å². The topological polar surface area (TPSA) is 82.6 Å². The molecule has 1 N–H and O–H groups in total. The Bertz CT molecular complexity index is 818. The summed E-state index contributed by atoms with van der Waals surface area (Å²) in [5, 5.41) is 4.94. The fraction of sp³-hybridized carbons (Fsp3) is 0.429. The maximum absolute atomic E-state index is 12.7. The van der Waals surface area contributed by atoms with Crippen molar-refractivity contribution in [3.8, 4) is 0 Å². The Morgan fingerprint density at radius 3 is 2.34 bits per heavy atom. The number of benzene rings is 1. The van der Waals surface area contributed by atoms with Crippen LogP contribution in [0.15, 0.2) is 35.7 Å². The summed E-state index contributed by atoms with van der Waals surface area (Å²) in [5.41, 5.74) is 1.19. The Labute approximate surface area is 175 Å². The smallest absolute Gasteiger partial charge is 0.254 e. The third-order valence-corrected chi connectivity index (χ3v) is 5.19. The zero-order valence-electron chi connectivity index (χ0n) is 17.2. The van der Waals surface area contributed by atoms with Crippen molar-refractivity contribution in [3.05, 3.63) is 47.0 Å². The van der Waals surface area contributed by atoms with Crippen LogP contribution in [0.1, 0.15) is 43.2 Å². The lowest BCUT2D eigenvalue weighted by molar-refractivity contribution is -0.130. The Hall–Kier alpha value is -2.74. The first-order chi connectivity index (χ1) is 14.0. The molecule has 7 nitrogen and oxygen atoms in total. The minimum absolute atomic E-state index is 0.0146. The normalized spacial score (nSPS) is 10.4. The van der Waals surface area contributed by atoms with Crippen molar-refractivity contribution in [2.45, 2.75) is 33.6 Å². The van der Waals surface area contributed by atoms with Gasteiger partial charge in [-0.05, 0) is 32.4 Å². The van der Waals surface area contributed by atoms with E-state index in [0.29, 0.717) is 36.0 Å². The van der Waals surface area contributed by atoms with Crippen molar-refractivity contribution in [1.29, 1.82) is 0 Å². The minimum atomic E-state index is -0.307. The molecule has 0 atom stereocenters. The van der Waals surface area contributed by atoms with Gasteiger partial charge in [0, 0.05) is 30.6 Å². The number of thiazole rings is 1. The van der Waals surface area contributed by atoms with E-state index < -0.39 is 0 Å². The molecule has 1 heterocycles. The molecule has 0 radical (unpaired) electrons. The van der Waals surface area contributed by atoms with Crippen molar-refractivity contribution in [1.82, 2.24) is 14.8 Å². The molecule has 0 saturated heterocycles. The number of amides is 3. The molecule has 0 aliphatic heterocycles. The summed E-state index contributed by atoms with van der Waals surface area (Å²) in [4.78, 5) is 44.9. The lowest BCUT2D eigenvalue weighted by atomic mass is 10.2. The van der Waals surface area contributed by atoms with Crippen LogP contribution in [0.3, 0.4) is 0 Å². The number of hydrogen-bond acceptors (Lipinski definition) is 5. The van der Waals surface area contributed by atoms with E-state index in [2.05, 4.69) is 10.3 Å².